The molecule has 3 aromatic rings. The molecular formula is C19H20N4O2. The Hall–Kier alpha value is -2.99. The Kier molecular flexibility index (Phi) is 4.90. The maximum Gasteiger partial charge on any atom is 0.278 e. The summed E-state index contributed by atoms with van der Waals surface area (Å²) < 4.78 is 0. The molecule has 0 radical (unpaired) electrons. The second-order valence-electron chi connectivity index (χ2n) is 6.08. The molecule has 0 saturated heterocycles. The van der Waals surface area contributed by atoms with E-state index < -0.39 is 0 Å². The fourth-order valence-electron chi connectivity index (χ4n) is 2.97. The number of hydrogen-bond acceptors (Lipinski definition) is 5. The third-order valence-electron chi connectivity index (χ3n) is 4.29. The van der Waals surface area contributed by atoms with Gasteiger partial charge in [-0.3, -0.25) is 15.1 Å². The van der Waals surface area contributed by atoms with E-state index in [1.54, 1.807) is 24.5 Å². The van der Waals surface area contributed by atoms with Gasteiger partial charge in [0.1, 0.15) is 0 Å². The molecule has 0 bridgehead atoms. The molecule has 3 rings (SSSR count). The molecule has 25 heavy (non-hydrogen) atoms. The standard InChI is InChI=1S/C19H20N4O2/c1-22(2)19(14-6-4-3-5-7-14)13-21-17-8-9-18(23(24)25)16-12-20-11-10-15(16)17/h3-12,19,21H,13H2,1-2H3. The molecule has 0 aliphatic carbocycles. The van der Waals surface area contributed by atoms with Crippen molar-refractivity contribution in [2.45, 2.75) is 6.04 Å². The largest absolute Gasteiger partial charge is 0.383 e. The first-order valence-corrected chi connectivity index (χ1v) is 8.04. The van der Waals surface area contributed by atoms with E-state index >= 15 is 0 Å². The first kappa shape index (κ1) is 16.9. The number of non-ortho nitro benzene ring substituents is 1. The van der Waals surface area contributed by atoms with Crippen LogP contribution in [0.5, 0.6) is 0 Å². The number of aromatic nitrogens is 1. The van der Waals surface area contributed by atoms with E-state index in [0.717, 1.165) is 11.1 Å². The third-order valence-corrected chi connectivity index (χ3v) is 4.29. The topological polar surface area (TPSA) is 71.3 Å². The van der Waals surface area contributed by atoms with Gasteiger partial charge < -0.3 is 10.2 Å². The van der Waals surface area contributed by atoms with Crippen LogP contribution >= 0.6 is 0 Å². The summed E-state index contributed by atoms with van der Waals surface area (Å²) in [4.78, 5) is 17.0. The molecule has 128 valence electrons. The molecule has 1 unspecified atom stereocenters. The van der Waals surface area contributed by atoms with E-state index in [9.17, 15) is 10.1 Å². The quantitative estimate of drug-likeness (QED) is 0.547. The summed E-state index contributed by atoms with van der Waals surface area (Å²) in [6.45, 7) is 0.687. The van der Waals surface area contributed by atoms with E-state index in [4.69, 9.17) is 0 Å². The van der Waals surface area contributed by atoms with Crippen molar-refractivity contribution in [1.29, 1.82) is 0 Å². The number of fused-ring (bicyclic) bond motifs is 1. The highest BCUT2D eigenvalue weighted by molar-refractivity contribution is 5.99. The van der Waals surface area contributed by atoms with E-state index in [2.05, 4.69) is 27.3 Å². The van der Waals surface area contributed by atoms with E-state index in [-0.39, 0.29) is 16.7 Å². The smallest absolute Gasteiger partial charge is 0.278 e. The lowest BCUT2D eigenvalue weighted by Crippen LogP contribution is -2.26. The number of benzene rings is 2. The Labute approximate surface area is 146 Å². The van der Waals surface area contributed by atoms with Crippen LogP contribution in [0.3, 0.4) is 0 Å². The Bertz CT molecular complexity index is 881. The molecule has 1 heterocycles. The van der Waals surface area contributed by atoms with Gasteiger partial charge in [0.15, 0.2) is 0 Å². The summed E-state index contributed by atoms with van der Waals surface area (Å²) in [7, 11) is 4.08. The van der Waals surface area contributed by atoms with Gasteiger partial charge in [-0.2, -0.15) is 0 Å². The van der Waals surface area contributed by atoms with Crippen molar-refractivity contribution >= 4 is 22.1 Å². The minimum absolute atomic E-state index is 0.0702. The molecule has 1 aromatic heterocycles. The average Bonchev–Trinajstić information content (AvgIpc) is 2.62. The van der Waals surface area contributed by atoms with Crippen molar-refractivity contribution in [3.8, 4) is 0 Å². The average molecular weight is 336 g/mol. The molecular weight excluding hydrogens is 316 g/mol. The van der Waals surface area contributed by atoms with Crippen molar-refractivity contribution < 1.29 is 4.92 Å². The Morgan fingerprint density at radius 2 is 1.88 bits per heavy atom. The minimum atomic E-state index is -0.375. The lowest BCUT2D eigenvalue weighted by atomic mass is 10.1. The molecule has 0 saturated carbocycles. The number of nitro benzene ring substituents is 1. The Morgan fingerprint density at radius 1 is 1.12 bits per heavy atom. The third kappa shape index (κ3) is 3.59. The fraction of sp³-hybridized carbons (Fsp3) is 0.211. The van der Waals surface area contributed by atoms with Crippen LogP contribution in [0, 0.1) is 10.1 Å². The maximum absolute atomic E-state index is 11.2. The fourth-order valence-corrected chi connectivity index (χ4v) is 2.97. The van der Waals surface area contributed by atoms with Crippen molar-refractivity contribution in [3.05, 3.63) is 76.6 Å². The molecule has 6 heteroatoms. The number of pyridine rings is 1. The number of hydrogen-bond donors (Lipinski definition) is 1. The molecule has 0 spiro atoms. The Balaban J connectivity index is 1.90. The summed E-state index contributed by atoms with van der Waals surface area (Å²) >= 11 is 0. The summed E-state index contributed by atoms with van der Waals surface area (Å²) in [6, 6.07) is 15.5. The van der Waals surface area contributed by atoms with Crippen LogP contribution in [0.25, 0.3) is 10.8 Å². The second kappa shape index (κ2) is 7.27. The summed E-state index contributed by atoms with van der Waals surface area (Å²) in [5.74, 6) is 0. The highest BCUT2D eigenvalue weighted by Gasteiger charge is 2.17. The van der Waals surface area contributed by atoms with Gasteiger partial charge in [0.2, 0.25) is 0 Å². The van der Waals surface area contributed by atoms with Gasteiger partial charge in [-0.25, -0.2) is 0 Å². The summed E-state index contributed by atoms with van der Waals surface area (Å²) in [6.07, 6.45) is 3.19. The molecule has 0 amide bonds. The van der Waals surface area contributed by atoms with E-state index in [1.165, 1.54) is 11.6 Å². The van der Waals surface area contributed by atoms with Crippen molar-refractivity contribution in [2.24, 2.45) is 0 Å². The molecule has 0 aliphatic rings. The molecule has 0 aliphatic heterocycles. The number of nitrogens with zero attached hydrogens (tertiary/aromatic N) is 3. The second-order valence-corrected chi connectivity index (χ2v) is 6.08. The van der Waals surface area contributed by atoms with Gasteiger partial charge in [-0.1, -0.05) is 30.3 Å². The molecule has 2 aromatic carbocycles. The number of nitro groups is 1. The maximum atomic E-state index is 11.2. The zero-order valence-corrected chi connectivity index (χ0v) is 14.2. The number of rotatable bonds is 6. The SMILES string of the molecule is CN(C)C(CNc1ccc([N+](=O)[O-])c2cnccc12)c1ccccc1. The number of likely N-dealkylation sites (N-methyl/N-ethyl adjacent to an activating group) is 1. The van der Waals surface area contributed by atoms with Gasteiger partial charge >= 0.3 is 0 Å². The van der Waals surface area contributed by atoms with Crippen LogP contribution in [-0.4, -0.2) is 35.4 Å². The van der Waals surface area contributed by atoms with Gasteiger partial charge in [0, 0.05) is 36.1 Å². The molecule has 1 atom stereocenters. The normalized spacial score (nSPS) is 12.3. The lowest BCUT2D eigenvalue weighted by Gasteiger charge is -2.26. The van der Waals surface area contributed by atoms with Crippen LogP contribution in [0.4, 0.5) is 11.4 Å². The van der Waals surface area contributed by atoms with Crippen LogP contribution in [0.1, 0.15) is 11.6 Å². The zero-order valence-electron chi connectivity index (χ0n) is 14.2. The summed E-state index contributed by atoms with van der Waals surface area (Å²) in [5, 5.41) is 16.0. The Morgan fingerprint density at radius 3 is 2.56 bits per heavy atom. The van der Waals surface area contributed by atoms with Crippen molar-refractivity contribution in [2.75, 3.05) is 26.0 Å². The van der Waals surface area contributed by atoms with Gasteiger partial charge in [-0.05, 0) is 31.8 Å². The first-order valence-electron chi connectivity index (χ1n) is 8.04. The van der Waals surface area contributed by atoms with Crippen molar-refractivity contribution in [3.63, 3.8) is 0 Å². The highest BCUT2D eigenvalue weighted by Crippen LogP contribution is 2.31. The van der Waals surface area contributed by atoms with E-state index in [1.807, 2.05) is 32.3 Å². The molecule has 0 fully saturated rings. The highest BCUT2D eigenvalue weighted by atomic mass is 16.6. The van der Waals surface area contributed by atoms with Gasteiger partial charge in [0.25, 0.3) is 5.69 Å². The van der Waals surface area contributed by atoms with Crippen LogP contribution in [0.15, 0.2) is 60.9 Å². The predicted molar refractivity (Wildman–Crippen MR) is 99.8 cm³/mol. The molecule has 6 nitrogen and oxygen atoms in total. The van der Waals surface area contributed by atoms with Gasteiger partial charge in [-0.15, -0.1) is 0 Å². The first-order chi connectivity index (χ1) is 12.1. The van der Waals surface area contributed by atoms with Crippen LogP contribution in [0.2, 0.25) is 0 Å². The van der Waals surface area contributed by atoms with Crippen LogP contribution < -0.4 is 5.32 Å². The van der Waals surface area contributed by atoms with Crippen molar-refractivity contribution in [1.82, 2.24) is 9.88 Å². The predicted octanol–water partition coefficient (Wildman–Crippen LogP) is 3.86. The zero-order chi connectivity index (χ0) is 17.8. The van der Waals surface area contributed by atoms with Crippen LogP contribution in [-0.2, 0) is 0 Å². The van der Waals surface area contributed by atoms with Gasteiger partial charge in [0.05, 0.1) is 16.4 Å². The monoisotopic (exact) mass is 336 g/mol. The van der Waals surface area contributed by atoms with E-state index in [0.29, 0.717) is 11.9 Å². The minimum Gasteiger partial charge on any atom is -0.383 e. The number of anilines is 1. The lowest BCUT2D eigenvalue weighted by molar-refractivity contribution is -0.383. The number of nitrogens with one attached hydrogen (secondary N) is 1. The molecule has 1 N–H and O–H groups in total. The summed E-state index contributed by atoms with van der Waals surface area (Å²) in [5.41, 5.74) is 2.15.